The zero-order valence-electron chi connectivity index (χ0n) is 12.8. The maximum atomic E-state index is 13.0. The van der Waals surface area contributed by atoms with E-state index < -0.39 is 0 Å². The van der Waals surface area contributed by atoms with Gasteiger partial charge >= 0.3 is 0 Å². The van der Waals surface area contributed by atoms with Crippen molar-refractivity contribution in [3.63, 3.8) is 0 Å². The summed E-state index contributed by atoms with van der Waals surface area (Å²) in [5, 5.41) is 0.678. The summed E-state index contributed by atoms with van der Waals surface area (Å²) in [6.07, 6.45) is 7.43. The fourth-order valence-corrected chi connectivity index (χ4v) is 4.22. The first-order valence-corrected chi connectivity index (χ1v) is 8.71. The quantitative estimate of drug-likeness (QED) is 0.859. The van der Waals surface area contributed by atoms with Crippen molar-refractivity contribution in [2.45, 2.75) is 32.1 Å². The van der Waals surface area contributed by atoms with Crippen molar-refractivity contribution in [3.05, 3.63) is 23.4 Å². The fraction of sp³-hybridized carbons (Fsp3) is 0.647. The van der Waals surface area contributed by atoms with Gasteiger partial charge in [-0.15, -0.1) is 0 Å². The van der Waals surface area contributed by atoms with Crippen molar-refractivity contribution in [2.24, 2.45) is 11.3 Å². The van der Waals surface area contributed by atoms with E-state index in [-0.39, 0.29) is 5.41 Å². The number of carbonyl (C=O) groups excluding carboxylic acids is 1. The molecule has 1 amide bonds. The van der Waals surface area contributed by atoms with E-state index in [1.165, 1.54) is 12.8 Å². The van der Waals surface area contributed by atoms with Crippen LogP contribution in [0.3, 0.4) is 0 Å². The highest BCUT2D eigenvalue weighted by Gasteiger charge is 2.49. The van der Waals surface area contributed by atoms with Crippen molar-refractivity contribution >= 4 is 23.3 Å². The molecule has 0 bridgehead atoms. The van der Waals surface area contributed by atoms with E-state index >= 15 is 0 Å². The average molecular weight is 320 g/mol. The summed E-state index contributed by atoms with van der Waals surface area (Å²) in [7, 11) is 0. The molecule has 1 atom stereocenters. The van der Waals surface area contributed by atoms with Gasteiger partial charge in [0.15, 0.2) is 0 Å². The monoisotopic (exact) mass is 319 g/mol. The molecule has 4 rings (SSSR count). The Morgan fingerprint density at radius 2 is 2.18 bits per heavy atom. The molecule has 1 aromatic heterocycles. The Balaban J connectivity index is 1.52. The van der Waals surface area contributed by atoms with Crippen LogP contribution in [-0.2, 0) is 4.79 Å². The van der Waals surface area contributed by atoms with Crippen LogP contribution in [0.1, 0.15) is 32.1 Å². The first-order valence-electron chi connectivity index (χ1n) is 8.33. The Morgan fingerprint density at radius 3 is 2.95 bits per heavy atom. The molecule has 118 valence electrons. The average Bonchev–Trinajstić information content (AvgIpc) is 3.24. The molecule has 5 heteroatoms. The minimum Gasteiger partial charge on any atom is -0.354 e. The summed E-state index contributed by atoms with van der Waals surface area (Å²) in [5.74, 6) is 1.97. The molecule has 4 nitrogen and oxygen atoms in total. The van der Waals surface area contributed by atoms with Gasteiger partial charge in [0.2, 0.25) is 5.91 Å². The molecule has 1 unspecified atom stereocenters. The molecule has 1 spiro atoms. The van der Waals surface area contributed by atoms with Crippen LogP contribution in [0.25, 0.3) is 0 Å². The molecule has 1 aliphatic carbocycles. The summed E-state index contributed by atoms with van der Waals surface area (Å²) in [4.78, 5) is 21.8. The first kappa shape index (κ1) is 14.3. The van der Waals surface area contributed by atoms with Crippen molar-refractivity contribution in [3.8, 4) is 0 Å². The molecular formula is C17H22ClN3O. The van der Waals surface area contributed by atoms with Crippen LogP contribution < -0.4 is 4.90 Å². The summed E-state index contributed by atoms with van der Waals surface area (Å²) in [5.41, 5.74) is -0.200. The van der Waals surface area contributed by atoms with Crippen molar-refractivity contribution in [1.82, 2.24) is 9.88 Å². The summed E-state index contributed by atoms with van der Waals surface area (Å²) in [6, 6.07) is 3.72. The van der Waals surface area contributed by atoms with Gasteiger partial charge < -0.3 is 9.80 Å². The molecule has 3 aliphatic rings. The lowest BCUT2D eigenvalue weighted by Crippen LogP contribution is -2.50. The number of hydrogen-bond donors (Lipinski definition) is 0. The van der Waals surface area contributed by atoms with Gasteiger partial charge in [-0.2, -0.15) is 0 Å². The van der Waals surface area contributed by atoms with Gasteiger partial charge in [0, 0.05) is 32.4 Å². The van der Waals surface area contributed by atoms with Crippen LogP contribution in [0.2, 0.25) is 5.02 Å². The smallest absolute Gasteiger partial charge is 0.230 e. The second-order valence-electron chi connectivity index (χ2n) is 7.06. The molecule has 1 aromatic rings. The Bertz CT molecular complexity index is 589. The number of rotatable bonds is 3. The van der Waals surface area contributed by atoms with Crippen LogP contribution in [0, 0.1) is 11.3 Å². The van der Waals surface area contributed by atoms with Crippen molar-refractivity contribution in [1.29, 1.82) is 0 Å². The molecule has 3 fully saturated rings. The van der Waals surface area contributed by atoms with Gasteiger partial charge in [-0.05, 0) is 50.2 Å². The van der Waals surface area contributed by atoms with E-state index in [1.54, 1.807) is 6.20 Å². The van der Waals surface area contributed by atoms with E-state index in [0.717, 1.165) is 57.2 Å². The minimum atomic E-state index is -0.200. The van der Waals surface area contributed by atoms with E-state index in [9.17, 15) is 4.79 Å². The number of piperidine rings is 1. The van der Waals surface area contributed by atoms with E-state index in [2.05, 4.69) is 14.8 Å². The van der Waals surface area contributed by atoms with Gasteiger partial charge in [-0.25, -0.2) is 4.98 Å². The van der Waals surface area contributed by atoms with Crippen LogP contribution in [0.15, 0.2) is 18.3 Å². The number of nitrogens with zero attached hydrogens (tertiary/aromatic N) is 3. The third kappa shape index (κ3) is 2.47. The van der Waals surface area contributed by atoms with E-state index in [4.69, 9.17) is 11.6 Å². The molecular weight excluding hydrogens is 298 g/mol. The highest BCUT2D eigenvalue weighted by Crippen LogP contribution is 2.43. The largest absolute Gasteiger partial charge is 0.354 e. The lowest BCUT2D eigenvalue weighted by molar-refractivity contribution is -0.145. The second kappa shape index (κ2) is 5.41. The molecule has 1 saturated carbocycles. The number of anilines is 1. The van der Waals surface area contributed by atoms with Crippen LogP contribution in [-0.4, -0.2) is 42.0 Å². The van der Waals surface area contributed by atoms with Gasteiger partial charge in [0.25, 0.3) is 0 Å². The molecule has 0 radical (unpaired) electrons. The number of pyridine rings is 1. The number of carbonyl (C=O) groups is 1. The zero-order chi connectivity index (χ0) is 15.2. The highest BCUT2D eigenvalue weighted by atomic mass is 35.5. The number of halogens is 1. The SMILES string of the molecule is O=C1N(CC2CC2)CCCC12CCN(c1ncccc1Cl)C2. The van der Waals surface area contributed by atoms with Crippen LogP contribution >= 0.6 is 11.6 Å². The molecule has 0 aromatic carbocycles. The maximum Gasteiger partial charge on any atom is 0.230 e. The Labute approximate surface area is 136 Å². The van der Waals surface area contributed by atoms with Crippen LogP contribution in [0.4, 0.5) is 5.82 Å². The van der Waals surface area contributed by atoms with Crippen molar-refractivity contribution < 1.29 is 4.79 Å². The van der Waals surface area contributed by atoms with Crippen LogP contribution in [0.5, 0.6) is 0 Å². The molecule has 0 N–H and O–H groups in total. The number of amides is 1. The topological polar surface area (TPSA) is 36.4 Å². The van der Waals surface area contributed by atoms with E-state index in [0.29, 0.717) is 10.9 Å². The highest BCUT2D eigenvalue weighted by molar-refractivity contribution is 6.32. The van der Waals surface area contributed by atoms with Gasteiger partial charge in [0.1, 0.15) is 5.82 Å². The standard InChI is InChI=1S/C17H22ClN3O/c18-14-3-1-8-19-15(14)21-10-7-17(12-21)6-2-9-20(16(17)22)11-13-4-5-13/h1,3,8,13H,2,4-7,9-12H2. The molecule has 2 saturated heterocycles. The van der Waals surface area contributed by atoms with Crippen molar-refractivity contribution in [2.75, 3.05) is 31.1 Å². The molecule has 3 heterocycles. The lowest BCUT2D eigenvalue weighted by Gasteiger charge is -2.39. The Morgan fingerprint density at radius 1 is 1.32 bits per heavy atom. The fourth-order valence-electron chi connectivity index (χ4n) is 3.98. The van der Waals surface area contributed by atoms with E-state index in [1.807, 2.05) is 12.1 Å². The van der Waals surface area contributed by atoms with Gasteiger partial charge in [-0.3, -0.25) is 4.79 Å². The summed E-state index contributed by atoms with van der Waals surface area (Å²) < 4.78 is 0. The minimum absolute atomic E-state index is 0.200. The van der Waals surface area contributed by atoms with Gasteiger partial charge in [0.05, 0.1) is 10.4 Å². The third-order valence-corrected chi connectivity index (χ3v) is 5.69. The summed E-state index contributed by atoms with van der Waals surface area (Å²) >= 11 is 6.27. The third-order valence-electron chi connectivity index (χ3n) is 5.39. The zero-order valence-corrected chi connectivity index (χ0v) is 13.6. The Hall–Kier alpha value is -1.29. The summed E-state index contributed by atoms with van der Waals surface area (Å²) in [6.45, 7) is 3.57. The predicted octanol–water partition coefficient (Wildman–Crippen LogP) is 2.96. The first-order chi connectivity index (χ1) is 10.7. The lowest BCUT2D eigenvalue weighted by atomic mass is 9.78. The number of aromatic nitrogens is 1. The van der Waals surface area contributed by atoms with Gasteiger partial charge in [-0.1, -0.05) is 11.6 Å². The number of likely N-dealkylation sites (tertiary alicyclic amines) is 1. The maximum absolute atomic E-state index is 13.0. The molecule has 22 heavy (non-hydrogen) atoms. The molecule has 2 aliphatic heterocycles. The normalized spacial score (nSPS) is 28.7. The Kier molecular flexibility index (Phi) is 3.52. The predicted molar refractivity (Wildman–Crippen MR) is 87.0 cm³/mol. The second-order valence-corrected chi connectivity index (χ2v) is 7.47. The number of hydrogen-bond acceptors (Lipinski definition) is 3.